The topological polar surface area (TPSA) is 85.8 Å². The number of esters is 1. The summed E-state index contributed by atoms with van der Waals surface area (Å²) in [6.45, 7) is 7.83. The van der Waals surface area contributed by atoms with Crippen molar-refractivity contribution in [1.82, 2.24) is 19.6 Å². The lowest BCUT2D eigenvalue weighted by Crippen LogP contribution is -2.65. The fourth-order valence-electron chi connectivity index (χ4n) is 4.09. The first-order chi connectivity index (χ1) is 14.8. The smallest absolute Gasteiger partial charge is 0.328 e. The molecule has 0 aromatic heterocycles. The van der Waals surface area contributed by atoms with Gasteiger partial charge in [0.15, 0.2) is 12.2 Å². The minimum atomic E-state index is -0.718. The minimum absolute atomic E-state index is 0.0781. The molecule has 0 N–H and O–H groups in total. The van der Waals surface area contributed by atoms with Crippen LogP contribution >= 0.6 is 0 Å². The van der Waals surface area contributed by atoms with Crippen molar-refractivity contribution in [2.24, 2.45) is 4.99 Å². The maximum atomic E-state index is 13.3. The molecule has 1 saturated heterocycles. The van der Waals surface area contributed by atoms with E-state index in [9.17, 15) is 14.4 Å². The summed E-state index contributed by atoms with van der Waals surface area (Å²) in [4.78, 5) is 49.4. The predicted molar refractivity (Wildman–Crippen MR) is 113 cm³/mol. The summed E-state index contributed by atoms with van der Waals surface area (Å²) in [5.74, 6) is -0.489. The van der Waals surface area contributed by atoms with Crippen LogP contribution in [0.1, 0.15) is 19.4 Å². The Morgan fingerprint density at radius 2 is 1.87 bits per heavy atom. The normalized spacial score (nSPS) is 22.6. The molecule has 31 heavy (non-hydrogen) atoms. The molecule has 3 aliphatic rings. The van der Waals surface area contributed by atoms with E-state index in [2.05, 4.69) is 11.6 Å². The highest BCUT2D eigenvalue weighted by Crippen LogP contribution is 2.37. The number of urea groups is 1. The molecule has 3 amide bonds. The molecule has 1 aromatic carbocycles. The Kier molecular flexibility index (Phi) is 5.26. The Morgan fingerprint density at radius 3 is 2.55 bits per heavy atom. The number of fused-ring (bicyclic) bond motifs is 3. The molecule has 4 rings (SSSR count). The van der Waals surface area contributed by atoms with Crippen molar-refractivity contribution < 1.29 is 19.1 Å². The molecule has 0 aliphatic carbocycles. The number of hydrogen-bond acceptors (Lipinski definition) is 7. The maximum absolute atomic E-state index is 13.3. The Hall–Kier alpha value is -3.62. The summed E-state index contributed by atoms with van der Waals surface area (Å²) >= 11 is 0. The number of nitrogens with zero attached hydrogens (tertiary/aromatic N) is 5. The monoisotopic (exact) mass is 423 g/mol. The van der Waals surface area contributed by atoms with Crippen molar-refractivity contribution in [3.63, 3.8) is 0 Å². The first-order valence-corrected chi connectivity index (χ1v) is 10.1. The van der Waals surface area contributed by atoms with Gasteiger partial charge in [0, 0.05) is 25.0 Å². The van der Waals surface area contributed by atoms with Crippen molar-refractivity contribution in [2.45, 2.75) is 32.7 Å². The highest BCUT2D eigenvalue weighted by Gasteiger charge is 2.55. The van der Waals surface area contributed by atoms with Gasteiger partial charge in [-0.15, -0.1) is 6.58 Å². The van der Waals surface area contributed by atoms with Crippen LogP contribution in [0.5, 0.6) is 0 Å². The van der Waals surface area contributed by atoms with E-state index in [0.29, 0.717) is 12.5 Å². The summed E-state index contributed by atoms with van der Waals surface area (Å²) in [6, 6.07) is 7.94. The number of guanidine groups is 1. The molecule has 0 bridgehead atoms. The van der Waals surface area contributed by atoms with E-state index in [0.717, 1.165) is 21.9 Å². The van der Waals surface area contributed by atoms with E-state index < -0.39 is 36.7 Å². The molecule has 9 nitrogen and oxygen atoms in total. The molecule has 9 heteroatoms. The molecule has 1 aromatic rings. The third-order valence-electron chi connectivity index (χ3n) is 5.85. The lowest BCUT2D eigenvalue weighted by Gasteiger charge is -2.40. The first kappa shape index (κ1) is 20.6. The van der Waals surface area contributed by atoms with E-state index in [1.165, 1.54) is 4.90 Å². The first-order valence-electron chi connectivity index (χ1n) is 10.1. The second-order valence-corrected chi connectivity index (χ2v) is 7.69. The van der Waals surface area contributed by atoms with E-state index >= 15 is 0 Å². The molecule has 2 unspecified atom stereocenters. The predicted octanol–water partition coefficient (Wildman–Crippen LogP) is 1.74. The average Bonchev–Trinajstić information content (AvgIpc) is 3.26. The van der Waals surface area contributed by atoms with Crippen LogP contribution in [0.2, 0.25) is 0 Å². The number of likely N-dealkylation sites (N-methyl/N-ethyl adjacent to an activating group) is 1. The highest BCUT2D eigenvalue weighted by molar-refractivity contribution is 6.06. The van der Waals surface area contributed by atoms with Crippen molar-refractivity contribution in [3.8, 4) is 0 Å². The van der Waals surface area contributed by atoms with E-state index in [4.69, 9.17) is 4.74 Å². The zero-order valence-corrected chi connectivity index (χ0v) is 17.8. The van der Waals surface area contributed by atoms with Gasteiger partial charge in [-0.2, -0.15) is 0 Å². The molecule has 2 atom stereocenters. The average molecular weight is 423 g/mol. The standard InChI is InChI=1S/C22H25N5O4/c1-5-11-25-14(2)15(3)27-18-19(23-21(25)27)24(4)22(30)26(20(18)29)12-17(28)31-13-16-9-7-6-8-10-16/h5-10,18-19H,1,11-13H2,2-4H3. The van der Waals surface area contributed by atoms with Gasteiger partial charge in [-0.3, -0.25) is 19.4 Å². The lowest BCUT2D eigenvalue weighted by molar-refractivity contribution is -0.151. The Balaban J connectivity index is 1.52. The van der Waals surface area contributed by atoms with Crippen LogP contribution in [0.4, 0.5) is 4.79 Å². The minimum Gasteiger partial charge on any atom is -0.459 e. The maximum Gasteiger partial charge on any atom is 0.328 e. The summed E-state index contributed by atoms with van der Waals surface area (Å²) in [5, 5.41) is 0. The summed E-state index contributed by atoms with van der Waals surface area (Å²) < 4.78 is 5.27. The van der Waals surface area contributed by atoms with Gasteiger partial charge in [0.25, 0.3) is 5.91 Å². The number of amides is 3. The summed E-state index contributed by atoms with van der Waals surface area (Å²) in [6.07, 6.45) is 1.11. The van der Waals surface area contributed by atoms with Crippen LogP contribution in [-0.4, -0.2) is 75.8 Å². The van der Waals surface area contributed by atoms with E-state index in [-0.39, 0.29) is 6.61 Å². The Labute approximate surface area is 180 Å². The molecule has 1 fully saturated rings. The fraction of sp³-hybridized carbons (Fsp3) is 0.364. The lowest BCUT2D eigenvalue weighted by atomic mass is 10.1. The fourth-order valence-corrected chi connectivity index (χ4v) is 4.09. The Bertz CT molecular complexity index is 1000. The largest absolute Gasteiger partial charge is 0.459 e. The van der Waals surface area contributed by atoms with Gasteiger partial charge in [-0.05, 0) is 19.4 Å². The van der Waals surface area contributed by atoms with Gasteiger partial charge in [-0.25, -0.2) is 9.79 Å². The van der Waals surface area contributed by atoms with E-state index in [1.807, 2.05) is 54.0 Å². The third-order valence-corrected chi connectivity index (χ3v) is 5.85. The van der Waals surface area contributed by atoms with Crippen molar-refractivity contribution in [1.29, 1.82) is 0 Å². The number of imide groups is 1. The van der Waals surface area contributed by atoms with Gasteiger partial charge in [0.05, 0.1) is 0 Å². The quantitative estimate of drug-likeness (QED) is 0.512. The number of carbonyl (C=O) groups is 3. The number of carbonyl (C=O) groups excluding carboxylic acids is 3. The van der Waals surface area contributed by atoms with Gasteiger partial charge in [0.1, 0.15) is 13.2 Å². The molecule has 3 heterocycles. The van der Waals surface area contributed by atoms with E-state index in [1.54, 1.807) is 13.1 Å². The molecular weight excluding hydrogens is 398 g/mol. The molecule has 0 radical (unpaired) electrons. The van der Waals surface area contributed by atoms with Gasteiger partial charge in [-0.1, -0.05) is 36.4 Å². The molecule has 0 spiro atoms. The van der Waals surface area contributed by atoms with Crippen molar-refractivity contribution in [2.75, 3.05) is 20.1 Å². The van der Waals surface area contributed by atoms with Gasteiger partial charge < -0.3 is 14.5 Å². The molecule has 3 aliphatic heterocycles. The van der Waals surface area contributed by atoms with Crippen LogP contribution in [-0.2, 0) is 20.9 Å². The molecule has 162 valence electrons. The number of hydrogen-bond donors (Lipinski definition) is 0. The van der Waals surface area contributed by atoms with Crippen molar-refractivity contribution >= 4 is 23.9 Å². The van der Waals surface area contributed by atoms with Gasteiger partial charge in [0.2, 0.25) is 5.96 Å². The number of ether oxygens (including phenoxy) is 1. The third kappa shape index (κ3) is 3.35. The SMILES string of the molecule is C=CCN1C2=NC3C(C(=O)N(CC(=O)OCc4ccccc4)C(=O)N3C)N2C(C)=C1C. The zero-order chi connectivity index (χ0) is 22.3. The number of allylic oxidation sites excluding steroid dienone is 2. The van der Waals surface area contributed by atoms with Gasteiger partial charge >= 0.3 is 12.0 Å². The van der Waals surface area contributed by atoms with Crippen molar-refractivity contribution in [3.05, 3.63) is 59.9 Å². The second-order valence-electron chi connectivity index (χ2n) is 7.69. The van der Waals surface area contributed by atoms with Crippen LogP contribution in [0.25, 0.3) is 0 Å². The number of aliphatic imine (C=N–C) groups is 1. The highest BCUT2D eigenvalue weighted by atomic mass is 16.5. The number of rotatable bonds is 6. The number of benzene rings is 1. The summed E-state index contributed by atoms with van der Waals surface area (Å²) in [7, 11) is 1.59. The molecule has 0 saturated carbocycles. The van der Waals surface area contributed by atoms with Crippen LogP contribution in [0.3, 0.4) is 0 Å². The van der Waals surface area contributed by atoms with Crippen LogP contribution in [0.15, 0.2) is 59.4 Å². The Morgan fingerprint density at radius 1 is 1.16 bits per heavy atom. The second kappa shape index (κ2) is 7.90. The van der Waals surface area contributed by atoms with Crippen LogP contribution < -0.4 is 0 Å². The molecular formula is C22H25N5O4. The summed E-state index contributed by atoms with van der Waals surface area (Å²) in [5.41, 5.74) is 2.68. The van der Waals surface area contributed by atoms with Crippen LogP contribution in [0, 0.1) is 0 Å². The zero-order valence-electron chi connectivity index (χ0n) is 17.8.